The Morgan fingerprint density at radius 1 is 1.10 bits per heavy atom. The van der Waals surface area contributed by atoms with Crippen LogP contribution in [0.5, 0.6) is 11.5 Å². The topological polar surface area (TPSA) is 81.5 Å². The number of rotatable bonds is 5. The van der Waals surface area contributed by atoms with Gasteiger partial charge in [0.15, 0.2) is 11.5 Å². The summed E-state index contributed by atoms with van der Waals surface area (Å²) < 4.78 is 13.2. The maximum Gasteiger partial charge on any atom is 0.321 e. The molecule has 8 heteroatoms. The molecular weight excluding hydrogens is 394 g/mol. The highest BCUT2D eigenvalue weighted by Crippen LogP contribution is 2.33. The summed E-state index contributed by atoms with van der Waals surface area (Å²) in [7, 11) is 0. The Bertz CT molecular complexity index is 1050. The van der Waals surface area contributed by atoms with Crippen molar-refractivity contribution in [1.29, 1.82) is 0 Å². The maximum absolute atomic E-state index is 12.7. The highest BCUT2D eigenvalue weighted by Gasteiger charge is 2.28. The van der Waals surface area contributed by atoms with E-state index in [0.29, 0.717) is 42.9 Å². The molecule has 160 valence electrons. The number of hydrogen-bond acceptors (Lipinski definition) is 5. The second kappa shape index (κ2) is 8.67. The number of anilines is 1. The Balaban J connectivity index is 1.17. The Kier molecular flexibility index (Phi) is 5.43. The molecule has 0 aliphatic carbocycles. The number of benzene rings is 2. The lowest BCUT2D eigenvalue weighted by molar-refractivity contribution is 0.171. The summed E-state index contributed by atoms with van der Waals surface area (Å²) in [6.07, 6.45) is 3.54. The van der Waals surface area contributed by atoms with E-state index in [0.717, 1.165) is 31.8 Å². The third-order valence-electron chi connectivity index (χ3n) is 5.73. The van der Waals surface area contributed by atoms with E-state index in [1.54, 1.807) is 6.33 Å². The van der Waals surface area contributed by atoms with Crippen LogP contribution in [0.15, 0.2) is 54.9 Å². The largest absolute Gasteiger partial charge is 0.486 e. The van der Waals surface area contributed by atoms with Crippen molar-refractivity contribution in [3.8, 4) is 11.5 Å². The van der Waals surface area contributed by atoms with E-state index < -0.39 is 0 Å². The fourth-order valence-electron chi connectivity index (χ4n) is 4.11. The number of nitrogens with one attached hydrogen (secondary N) is 1. The monoisotopic (exact) mass is 419 g/mol. The zero-order valence-corrected chi connectivity index (χ0v) is 17.2. The van der Waals surface area contributed by atoms with E-state index in [1.165, 1.54) is 5.56 Å². The number of urea groups is 1. The van der Waals surface area contributed by atoms with Crippen molar-refractivity contribution in [2.75, 3.05) is 31.6 Å². The molecule has 1 atom stereocenters. The zero-order chi connectivity index (χ0) is 21.0. The molecule has 2 aromatic carbocycles. The van der Waals surface area contributed by atoms with Gasteiger partial charge >= 0.3 is 6.03 Å². The van der Waals surface area contributed by atoms with Crippen molar-refractivity contribution >= 4 is 11.7 Å². The third-order valence-corrected chi connectivity index (χ3v) is 5.73. The van der Waals surface area contributed by atoms with Gasteiger partial charge in [0.2, 0.25) is 0 Å². The van der Waals surface area contributed by atoms with Crippen LogP contribution in [-0.4, -0.2) is 52.0 Å². The average Bonchev–Trinajstić information content (AvgIpc) is 3.44. The molecule has 3 aromatic rings. The predicted octanol–water partition coefficient (Wildman–Crippen LogP) is 3.19. The van der Waals surface area contributed by atoms with Crippen LogP contribution in [0.2, 0.25) is 0 Å². The standard InChI is InChI=1S/C23H25N5O3/c29-23(25-19-6-7-20-21(13-19)31-11-10-30-20)27-9-8-18(15-27)12-22-26-24-16-28(22)14-17-4-2-1-3-5-17/h1-7,13,16,18H,8-12,14-15H2,(H,25,29). The normalized spacial score (nSPS) is 17.5. The van der Waals surface area contributed by atoms with E-state index in [1.807, 2.05) is 41.3 Å². The van der Waals surface area contributed by atoms with Crippen LogP contribution >= 0.6 is 0 Å². The molecule has 0 radical (unpaired) electrons. The van der Waals surface area contributed by atoms with Gasteiger partial charge in [0.1, 0.15) is 25.4 Å². The fourth-order valence-corrected chi connectivity index (χ4v) is 4.11. The molecule has 31 heavy (non-hydrogen) atoms. The molecule has 1 N–H and O–H groups in total. The van der Waals surface area contributed by atoms with Gasteiger partial charge in [-0.05, 0) is 30.0 Å². The van der Waals surface area contributed by atoms with Crippen LogP contribution in [0.25, 0.3) is 0 Å². The van der Waals surface area contributed by atoms with Gasteiger partial charge in [0.25, 0.3) is 0 Å². The molecule has 2 amide bonds. The first-order valence-electron chi connectivity index (χ1n) is 10.6. The first-order valence-corrected chi connectivity index (χ1v) is 10.6. The van der Waals surface area contributed by atoms with Crippen molar-refractivity contribution in [3.05, 3.63) is 66.2 Å². The minimum Gasteiger partial charge on any atom is -0.486 e. The summed E-state index contributed by atoms with van der Waals surface area (Å²) in [4.78, 5) is 14.6. The summed E-state index contributed by atoms with van der Waals surface area (Å²) in [6.45, 7) is 3.26. The van der Waals surface area contributed by atoms with Gasteiger partial charge in [-0.3, -0.25) is 0 Å². The summed E-state index contributed by atoms with van der Waals surface area (Å²) in [5.41, 5.74) is 1.93. The molecular formula is C23H25N5O3. The third kappa shape index (κ3) is 4.47. The molecule has 2 aliphatic rings. The van der Waals surface area contributed by atoms with Crippen molar-refractivity contribution in [2.24, 2.45) is 5.92 Å². The van der Waals surface area contributed by atoms with Crippen LogP contribution < -0.4 is 14.8 Å². The minimum atomic E-state index is -0.0927. The van der Waals surface area contributed by atoms with Crippen molar-refractivity contribution in [2.45, 2.75) is 19.4 Å². The molecule has 3 heterocycles. The number of carbonyl (C=O) groups is 1. The Morgan fingerprint density at radius 3 is 2.81 bits per heavy atom. The second-order valence-corrected chi connectivity index (χ2v) is 7.95. The summed E-state index contributed by atoms with van der Waals surface area (Å²) >= 11 is 0. The summed E-state index contributed by atoms with van der Waals surface area (Å²) in [5, 5.41) is 11.4. The number of likely N-dealkylation sites (tertiary alicyclic amines) is 1. The molecule has 2 aliphatic heterocycles. The molecule has 5 rings (SSSR count). The molecule has 0 saturated carbocycles. The molecule has 8 nitrogen and oxygen atoms in total. The fraction of sp³-hybridized carbons (Fsp3) is 0.348. The highest BCUT2D eigenvalue weighted by atomic mass is 16.6. The van der Waals surface area contributed by atoms with Crippen LogP contribution in [0.1, 0.15) is 17.8 Å². The van der Waals surface area contributed by atoms with Crippen molar-refractivity contribution < 1.29 is 14.3 Å². The summed E-state index contributed by atoms with van der Waals surface area (Å²) in [5.74, 6) is 2.71. The van der Waals surface area contributed by atoms with Crippen LogP contribution in [0.4, 0.5) is 10.5 Å². The van der Waals surface area contributed by atoms with E-state index in [4.69, 9.17) is 9.47 Å². The quantitative estimate of drug-likeness (QED) is 0.687. The maximum atomic E-state index is 12.7. The number of amides is 2. The minimum absolute atomic E-state index is 0.0927. The molecule has 1 unspecified atom stereocenters. The molecule has 0 spiro atoms. The van der Waals surface area contributed by atoms with Crippen molar-refractivity contribution in [3.63, 3.8) is 0 Å². The number of carbonyl (C=O) groups excluding carboxylic acids is 1. The average molecular weight is 419 g/mol. The zero-order valence-electron chi connectivity index (χ0n) is 17.2. The lowest BCUT2D eigenvalue weighted by Crippen LogP contribution is -2.33. The van der Waals surface area contributed by atoms with E-state index >= 15 is 0 Å². The molecule has 1 aromatic heterocycles. The second-order valence-electron chi connectivity index (χ2n) is 7.95. The first kappa shape index (κ1) is 19.4. The van der Waals surface area contributed by atoms with E-state index in [-0.39, 0.29) is 6.03 Å². The number of fused-ring (bicyclic) bond motifs is 1. The van der Waals surface area contributed by atoms with Crippen LogP contribution in [0, 0.1) is 5.92 Å². The SMILES string of the molecule is O=C(Nc1ccc2c(c1)OCCO2)N1CCC(Cc2nncn2Cc2ccccc2)C1. The Hall–Kier alpha value is -3.55. The molecule has 1 saturated heterocycles. The number of hydrogen-bond donors (Lipinski definition) is 1. The van der Waals surface area contributed by atoms with Crippen LogP contribution in [-0.2, 0) is 13.0 Å². The highest BCUT2D eigenvalue weighted by molar-refractivity contribution is 5.90. The van der Waals surface area contributed by atoms with Gasteiger partial charge in [-0.15, -0.1) is 10.2 Å². The first-order chi connectivity index (χ1) is 15.2. The van der Waals surface area contributed by atoms with Gasteiger partial charge in [-0.1, -0.05) is 30.3 Å². The Labute approximate surface area is 180 Å². The van der Waals surface area contributed by atoms with Gasteiger partial charge in [-0.2, -0.15) is 0 Å². The lowest BCUT2D eigenvalue weighted by atomic mass is 10.0. The van der Waals surface area contributed by atoms with Gasteiger partial charge in [0.05, 0.1) is 6.54 Å². The van der Waals surface area contributed by atoms with Gasteiger partial charge in [-0.25, -0.2) is 4.79 Å². The smallest absolute Gasteiger partial charge is 0.321 e. The van der Waals surface area contributed by atoms with Gasteiger partial charge in [0, 0.05) is 31.3 Å². The molecule has 1 fully saturated rings. The lowest BCUT2D eigenvalue weighted by Gasteiger charge is -2.20. The number of ether oxygens (including phenoxy) is 2. The van der Waals surface area contributed by atoms with E-state index in [9.17, 15) is 4.79 Å². The van der Waals surface area contributed by atoms with Gasteiger partial charge < -0.3 is 24.3 Å². The van der Waals surface area contributed by atoms with Crippen LogP contribution in [0.3, 0.4) is 0 Å². The number of nitrogens with zero attached hydrogens (tertiary/aromatic N) is 4. The Morgan fingerprint density at radius 2 is 1.94 bits per heavy atom. The van der Waals surface area contributed by atoms with Crippen molar-refractivity contribution in [1.82, 2.24) is 19.7 Å². The summed E-state index contributed by atoms with van der Waals surface area (Å²) in [6, 6.07) is 15.7. The van der Waals surface area contributed by atoms with E-state index in [2.05, 4.69) is 32.2 Å². The molecule has 0 bridgehead atoms. The number of aromatic nitrogens is 3. The predicted molar refractivity (Wildman–Crippen MR) is 115 cm³/mol.